The van der Waals surface area contributed by atoms with E-state index in [1.807, 2.05) is 24.3 Å². The number of rotatable bonds is 4. The highest BCUT2D eigenvalue weighted by Crippen LogP contribution is 2.22. The number of nitrogens with two attached hydrogens (primary N) is 1. The summed E-state index contributed by atoms with van der Waals surface area (Å²) < 4.78 is 6.03. The van der Waals surface area contributed by atoms with Gasteiger partial charge in [-0.2, -0.15) is 5.10 Å². The number of ether oxygens (including phenoxy) is 1. The lowest BCUT2D eigenvalue weighted by Gasteiger charge is -2.16. The van der Waals surface area contributed by atoms with E-state index in [1.165, 1.54) is 32.7 Å². The molecule has 1 aliphatic carbocycles. The number of benzene rings is 1. The Bertz CT molecular complexity index is 477. The maximum atomic E-state index is 10.8. The topological polar surface area (TPSA) is 67.9 Å². The fourth-order valence-corrected chi connectivity index (χ4v) is 2.39. The van der Waals surface area contributed by atoms with Gasteiger partial charge in [0.05, 0.1) is 12.3 Å². The number of carbonyl (C=O) groups excluding carboxylic acids is 1. The van der Waals surface area contributed by atoms with Crippen molar-refractivity contribution in [2.45, 2.75) is 44.6 Å². The summed E-state index contributed by atoms with van der Waals surface area (Å²) in [5.41, 5.74) is 5.99. The predicted octanol–water partition coefficient (Wildman–Crippen LogP) is 3.13. The Morgan fingerprint density at radius 2 is 1.86 bits per heavy atom. The molecule has 2 N–H and O–H groups in total. The summed E-state index contributed by atoms with van der Waals surface area (Å²) in [7, 11) is 1.52. The molecule has 0 radical (unpaired) electrons. The van der Waals surface area contributed by atoms with Crippen molar-refractivity contribution in [3.8, 4) is 5.75 Å². The van der Waals surface area contributed by atoms with Crippen molar-refractivity contribution >= 4 is 12.2 Å². The van der Waals surface area contributed by atoms with E-state index in [2.05, 4.69) is 5.10 Å². The highest BCUT2D eigenvalue weighted by molar-refractivity contribution is 5.81. The van der Waals surface area contributed by atoms with Crippen molar-refractivity contribution in [1.82, 2.24) is 5.01 Å². The average molecular weight is 289 g/mol. The smallest absolute Gasteiger partial charge is 0.334 e. The molecule has 1 aromatic rings. The Labute approximate surface area is 125 Å². The fourth-order valence-electron chi connectivity index (χ4n) is 2.39. The van der Waals surface area contributed by atoms with E-state index >= 15 is 0 Å². The number of carbonyl (C=O) groups is 1. The molecule has 1 aromatic carbocycles. The minimum Gasteiger partial charge on any atom is -0.490 e. The SMILES string of the molecule is CN(N=Cc1ccc(OC2CCCCCC2)cc1)C(N)=O. The van der Waals surface area contributed by atoms with E-state index in [1.54, 1.807) is 6.21 Å². The average Bonchev–Trinajstić information content (AvgIpc) is 2.74. The second-order valence-corrected chi connectivity index (χ2v) is 5.41. The third-order valence-corrected chi connectivity index (χ3v) is 3.68. The van der Waals surface area contributed by atoms with Crippen molar-refractivity contribution in [1.29, 1.82) is 0 Å². The Hall–Kier alpha value is -2.04. The van der Waals surface area contributed by atoms with Gasteiger partial charge in [0.25, 0.3) is 0 Å². The van der Waals surface area contributed by atoms with E-state index in [0.717, 1.165) is 29.2 Å². The molecular formula is C16H23N3O2. The highest BCUT2D eigenvalue weighted by atomic mass is 16.5. The van der Waals surface area contributed by atoms with Crippen LogP contribution in [0.1, 0.15) is 44.1 Å². The summed E-state index contributed by atoms with van der Waals surface area (Å²) in [6.45, 7) is 0. The lowest BCUT2D eigenvalue weighted by atomic mass is 10.1. The molecule has 0 heterocycles. The Morgan fingerprint density at radius 3 is 2.43 bits per heavy atom. The van der Waals surface area contributed by atoms with Crippen LogP contribution in [0.2, 0.25) is 0 Å². The molecule has 5 heteroatoms. The number of hydrazone groups is 1. The summed E-state index contributed by atoms with van der Waals surface area (Å²) in [5.74, 6) is 0.891. The van der Waals surface area contributed by atoms with Crippen LogP contribution < -0.4 is 10.5 Å². The largest absolute Gasteiger partial charge is 0.490 e. The van der Waals surface area contributed by atoms with Crippen molar-refractivity contribution in [2.24, 2.45) is 10.8 Å². The van der Waals surface area contributed by atoms with Crippen LogP contribution in [0, 0.1) is 0 Å². The van der Waals surface area contributed by atoms with E-state index < -0.39 is 6.03 Å². The van der Waals surface area contributed by atoms with Gasteiger partial charge in [-0.15, -0.1) is 0 Å². The minimum atomic E-state index is -0.584. The summed E-state index contributed by atoms with van der Waals surface area (Å²) in [5, 5.41) is 5.04. The molecule has 114 valence electrons. The third-order valence-electron chi connectivity index (χ3n) is 3.68. The highest BCUT2D eigenvalue weighted by Gasteiger charge is 2.13. The molecule has 1 aliphatic rings. The molecular weight excluding hydrogens is 266 g/mol. The number of urea groups is 1. The maximum absolute atomic E-state index is 10.8. The normalized spacial score (nSPS) is 16.6. The Kier molecular flexibility index (Phi) is 5.60. The predicted molar refractivity (Wildman–Crippen MR) is 83.5 cm³/mol. The zero-order valence-electron chi connectivity index (χ0n) is 12.5. The van der Waals surface area contributed by atoms with E-state index in [9.17, 15) is 4.79 Å². The van der Waals surface area contributed by atoms with Gasteiger partial charge in [-0.3, -0.25) is 0 Å². The first-order chi connectivity index (χ1) is 10.1. The lowest BCUT2D eigenvalue weighted by molar-refractivity contribution is 0.184. The maximum Gasteiger partial charge on any atom is 0.334 e. The zero-order valence-corrected chi connectivity index (χ0v) is 12.5. The first-order valence-electron chi connectivity index (χ1n) is 7.49. The van der Waals surface area contributed by atoms with Gasteiger partial charge in [-0.1, -0.05) is 12.8 Å². The van der Waals surface area contributed by atoms with Crippen molar-refractivity contribution in [3.63, 3.8) is 0 Å². The number of amides is 2. The molecule has 0 aromatic heterocycles. The summed E-state index contributed by atoms with van der Waals surface area (Å²) in [6, 6.07) is 7.14. The first-order valence-corrected chi connectivity index (χ1v) is 7.49. The van der Waals surface area contributed by atoms with Crippen LogP contribution in [0.15, 0.2) is 29.4 Å². The van der Waals surface area contributed by atoms with Crippen LogP contribution in [-0.2, 0) is 0 Å². The fraction of sp³-hybridized carbons (Fsp3) is 0.500. The number of hydrogen-bond acceptors (Lipinski definition) is 3. The molecule has 0 unspecified atom stereocenters. The van der Waals surface area contributed by atoms with Crippen LogP contribution >= 0.6 is 0 Å². The van der Waals surface area contributed by atoms with Gasteiger partial charge in [0.15, 0.2) is 0 Å². The summed E-state index contributed by atoms with van der Waals surface area (Å²) >= 11 is 0. The Morgan fingerprint density at radius 1 is 1.24 bits per heavy atom. The van der Waals surface area contributed by atoms with Gasteiger partial charge in [0.2, 0.25) is 0 Å². The molecule has 2 rings (SSSR count). The van der Waals surface area contributed by atoms with Crippen LogP contribution in [0.3, 0.4) is 0 Å². The second kappa shape index (κ2) is 7.67. The molecule has 0 saturated heterocycles. The van der Waals surface area contributed by atoms with Crippen LogP contribution in [-0.4, -0.2) is 30.4 Å². The van der Waals surface area contributed by atoms with Crippen molar-refractivity contribution in [3.05, 3.63) is 29.8 Å². The standard InChI is InChI=1S/C16H23N3O2/c1-19(16(17)20)18-12-13-8-10-15(11-9-13)21-14-6-4-2-3-5-7-14/h8-12,14H,2-7H2,1H3,(H2,17,20). The van der Waals surface area contributed by atoms with E-state index in [4.69, 9.17) is 10.5 Å². The zero-order chi connectivity index (χ0) is 15.1. The van der Waals surface area contributed by atoms with Gasteiger partial charge < -0.3 is 10.5 Å². The first kappa shape index (κ1) is 15.4. The van der Waals surface area contributed by atoms with Gasteiger partial charge in [-0.25, -0.2) is 9.80 Å². The van der Waals surface area contributed by atoms with Gasteiger partial charge in [-0.05, 0) is 55.5 Å². The van der Waals surface area contributed by atoms with Crippen molar-refractivity contribution in [2.75, 3.05) is 7.05 Å². The second-order valence-electron chi connectivity index (χ2n) is 5.41. The van der Waals surface area contributed by atoms with Crippen LogP contribution in [0.5, 0.6) is 5.75 Å². The molecule has 21 heavy (non-hydrogen) atoms. The molecule has 1 saturated carbocycles. The van der Waals surface area contributed by atoms with E-state index in [0.29, 0.717) is 6.10 Å². The molecule has 0 atom stereocenters. The molecule has 2 amide bonds. The molecule has 0 spiro atoms. The minimum absolute atomic E-state index is 0.341. The van der Waals surface area contributed by atoms with Crippen LogP contribution in [0.25, 0.3) is 0 Å². The van der Waals surface area contributed by atoms with Gasteiger partial charge >= 0.3 is 6.03 Å². The van der Waals surface area contributed by atoms with Gasteiger partial charge in [0.1, 0.15) is 5.75 Å². The molecule has 0 aliphatic heterocycles. The quantitative estimate of drug-likeness (QED) is 0.525. The number of primary amides is 1. The summed E-state index contributed by atoms with van der Waals surface area (Å²) in [6.07, 6.45) is 9.39. The van der Waals surface area contributed by atoms with E-state index in [-0.39, 0.29) is 0 Å². The monoisotopic (exact) mass is 289 g/mol. The molecule has 5 nitrogen and oxygen atoms in total. The van der Waals surface area contributed by atoms with Crippen molar-refractivity contribution < 1.29 is 9.53 Å². The summed E-state index contributed by atoms with van der Waals surface area (Å²) in [4.78, 5) is 10.8. The molecule has 1 fully saturated rings. The Balaban J connectivity index is 1.90. The number of hydrogen-bond donors (Lipinski definition) is 1. The van der Waals surface area contributed by atoms with Crippen LogP contribution in [0.4, 0.5) is 4.79 Å². The van der Waals surface area contributed by atoms with Gasteiger partial charge in [0, 0.05) is 7.05 Å². The third kappa shape index (κ3) is 5.10. The number of nitrogens with zero attached hydrogens (tertiary/aromatic N) is 2. The molecule has 0 bridgehead atoms. The lowest BCUT2D eigenvalue weighted by Crippen LogP contribution is -2.27.